The Hall–Kier alpha value is -1.57. The van der Waals surface area contributed by atoms with Gasteiger partial charge in [0.05, 0.1) is 18.9 Å². The fraction of sp³-hybridized carbons (Fsp3) is 0.364. The number of aromatic nitrogens is 1. The van der Waals surface area contributed by atoms with E-state index in [0.717, 1.165) is 0 Å². The van der Waals surface area contributed by atoms with Gasteiger partial charge in [-0.05, 0) is 6.92 Å². The summed E-state index contributed by atoms with van der Waals surface area (Å²) < 4.78 is 5.28. The van der Waals surface area contributed by atoms with Crippen molar-refractivity contribution in [1.29, 1.82) is 0 Å². The Bertz CT molecular complexity index is 382. The maximum Gasteiger partial charge on any atom is 0.148 e. The van der Waals surface area contributed by atoms with E-state index in [2.05, 4.69) is 10.9 Å². The van der Waals surface area contributed by atoms with E-state index in [-0.39, 0.29) is 19.8 Å². The molecule has 0 bridgehead atoms. The Balaban J connectivity index is 3.14. The molecule has 0 aliphatic rings. The smallest absolute Gasteiger partial charge is 0.148 e. The van der Waals surface area contributed by atoms with Crippen LogP contribution in [-0.4, -0.2) is 21.8 Å². The molecule has 0 aliphatic carbocycles. The van der Waals surface area contributed by atoms with Crippen LogP contribution in [0.5, 0.6) is 5.75 Å². The van der Waals surface area contributed by atoms with Crippen LogP contribution in [0.15, 0.2) is 6.20 Å². The van der Waals surface area contributed by atoms with Gasteiger partial charge in [0.2, 0.25) is 0 Å². The van der Waals surface area contributed by atoms with Crippen molar-refractivity contribution in [2.24, 2.45) is 0 Å². The first-order valence-electron chi connectivity index (χ1n) is 4.50. The molecule has 1 aromatic heterocycles. The molecule has 0 fully saturated rings. The van der Waals surface area contributed by atoms with Gasteiger partial charge < -0.3 is 14.9 Å². The third-order valence-corrected chi connectivity index (χ3v) is 2.03. The summed E-state index contributed by atoms with van der Waals surface area (Å²) in [4.78, 5) is 4.05. The van der Waals surface area contributed by atoms with Gasteiger partial charge in [0.15, 0.2) is 0 Å². The average molecular weight is 207 g/mol. The van der Waals surface area contributed by atoms with Gasteiger partial charge >= 0.3 is 0 Å². The summed E-state index contributed by atoms with van der Waals surface area (Å²) in [6.07, 6.45) is 6.60. The van der Waals surface area contributed by atoms with Crippen LogP contribution in [-0.2, 0) is 13.2 Å². The molecule has 1 heterocycles. The van der Waals surface area contributed by atoms with Gasteiger partial charge in [-0.25, -0.2) is 0 Å². The van der Waals surface area contributed by atoms with Crippen molar-refractivity contribution in [3.63, 3.8) is 0 Å². The van der Waals surface area contributed by atoms with Crippen molar-refractivity contribution in [2.75, 3.05) is 6.61 Å². The van der Waals surface area contributed by atoms with Gasteiger partial charge in [-0.1, -0.05) is 5.92 Å². The SMILES string of the molecule is C#CCOc1c(C)ncc(CO)c1CO. The first kappa shape index (κ1) is 11.5. The minimum atomic E-state index is -0.209. The number of aliphatic hydroxyl groups is 2. The lowest BCUT2D eigenvalue weighted by Gasteiger charge is -2.13. The molecule has 0 saturated heterocycles. The second-order valence-electron chi connectivity index (χ2n) is 2.99. The van der Waals surface area contributed by atoms with Gasteiger partial charge in [-0.15, -0.1) is 6.42 Å². The van der Waals surface area contributed by atoms with Crippen LogP contribution in [0.3, 0.4) is 0 Å². The van der Waals surface area contributed by atoms with E-state index >= 15 is 0 Å². The van der Waals surface area contributed by atoms with Crippen LogP contribution in [0, 0.1) is 19.3 Å². The molecular weight excluding hydrogens is 194 g/mol. The van der Waals surface area contributed by atoms with Crippen molar-refractivity contribution in [1.82, 2.24) is 4.98 Å². The van der Waals surface area contributed by atoms with Crippen molar-refractivity contribution >= 4 is 0 Å². The summed E-state index contributed by atoms with van der Waals surface area (Å²) in [6.45, 7) is 1.48. The molecule has 80 valence electrons. The highest BCUT2D eigenvalue weighted by atomic mass is 16.5. The maximum atomic E-state index is 9.18. The molecule has 0 radical (unpaired) electrons. The van der Waals surface area contributed by atoms with Crippen molar-refractivity contribution < 1.29 is 14.9 Å². The summed E-state index contributed by atoms with van der Waals surface area (Å²) in [5.41, 5.74) is 1.74. The van der Waals surface area contributed by atoms with Crippen LogP contribution in [0.2, 0.25) is 0 Å². The third kappa shape index (κ3) is 2.46. The largest absolute Gasteiger partial charge is 0.479 e. The fourth-order valence-corrected chi connectivity index (χ4v) is 1.29. The standard InChI is InChI=1S/C11H13NO3/c1-3-4-15-11-8(2)12-5-9(6-13)10(11)7-14/h1,5,13-14H,4,6-7H2,2H3. The fourth-order valence-electron chi connectivity index (χ4n) is 1.29. The van der Waals surface area contributed by atoms with Gasteiger partial charge in [-0.2, -0.15) is 0 Å². The quantitative estimate of drug-likeness (QED) is 0.701. The molecule has 0 unspecified atom stereocenters. The van der Waals surface area contributed by atoms with E-state index in [9.17, 15) is 5.11 Å². The summed E-state index contributed by atoms with van der Waals surface area (Å²) in [6, 6.07) is 0. The topological polar surface area (TPSA) is 62.6 Å². The second-order valence-corrected chi connectivity index (χ2v) is 2.99. The highest BCUT2D eigenvalue weighted by Gasteiger charge is 2.12. The molecule has 0 spiro atoms. The monoisotopic (exact) mass is 207 g/mol. The first-order valence-corrected chi connectivity index (χ1v) is 4.50. The molecule has 1 aromatic rings. The molecular formula is C11H13NO3. The van der Waals surface area contributed by atoms with Gasteiger partial charge in [-0.3, -0.25) is 4.98 Å². The number of rotatable bonds is 4. The van der Waals surface area contributed by atoms with E-state index in [1.165, 1.54) is 6.20 Å². The molecule has 0 saturated carbocycles. The van der Waals surface area contributed by atoms with Gasteiger partial charge in [0, 0.05) is 17.3 Å². The predicted molar refractivity (Wildman–Crippen MR) is 55.1 cm³/mol. The van der Waals surface area contributed by atoms with E-state index < -0.39 is 0 Å². The minimum Gasteiger partial charge on any atom is -0.479 e. The first-order chi connectivity index (χ1) is 7.24. The lowest BCUT2D eigenvalue weighted by molar-refractivity contribution is 0.250. The predicted octanol–water partition coefficient (Wildman–Crippen LogP) is 0.387. The van der Waals surface area contributed by atoms with Gasteiger partial charge in [0.1, 0.15) is 12.4 Å². The Morgan fingerprint density at radius 2 is 2.20 bits per heavy atom. The molecule has 0 atom stereocenters. The van der Waals surface area contributed by atoms with E-state index in [4.69, 9.17) is 16.3 Å². The lowest BCUT2D eigenvalue weighted by atomic mass is 10.1. The molecule has 0 aliphatic heterocycles. The molecule has 0 aromatic carbocycles. The van der Waals surface area contributed by atoms with Crippen LogP contribution in [0.4, 0.5) is 0 Å². The zero-order valence-corrected chi connectivity index (χ0v) is 8.53. The normalized spacial score (nSPS) is 9.73. The Labute approximate surface area is 88.5 Å². The van der Waals surface area contributed by atoms with Crippen molar-refractivity contribution in [3.05, 3.63) is 23.0 Å². The Kier molecular flexibility index (Phi) is 4.10. The van der Waals surface area contributed by atoms with Crippen LogP contribution in [0.25, 0.3) is 0 Å². The maximum absolute atomic E-state index is 9.18. The molecule has 15 heavy (non-hydrogen) atoms. The number of nitrogens with zero attached hydrogens (tertiary/aromatic N) is 1. The highest BCUT2D eigenvalue weighted by Crippen LogP contribution is 2.25. The summed E-state index contributed by atoms with van der Waals surface area (Å²) in [7, 11) is 0. The lowest BCUT2D eigenvalue weighted by Crippen LogP contribution is -2.05. The summed E-state index contributed by atoms with van der Waals surface area (Å²) in [5.74, 6) is 2.80. The number of aryl methyl sites for hydroxylation is 1. The third-order valence-electron chi connectivity index (χ3n) is 2.03. The summed E-state index contributed by atoms with van der Waals surface area (Å²) >= 11 is 0. The average Bonchev–Trinajstić information content (AvgIpc) is 2.27. The zero-order valence-electron chi connectivity index (χ0n) is 8.53. The Morgan fingerprint density at radius 3 is 2.73 bits per heavy atom. The second kappa shape index (κ2) is 5.35. The molecule has 2 N–H and O–H groups in total. The van der Waals surface area contributed by atoms with Crippen molar-refractivity contribution in [2.45, 2.75) is 20.1 Å². The number of terminal acetylenes is 1. The number of hydrogen-bond donors (Lipinski definition) is 2. The van der Waals surface area contributed by atoms with Crippen LogP contribution < -0.4 is 4.74 Å². The summed E-state index contributed by atoms with van der Waals surface area (Å²) in [5, 5.41) is 18.2. The molecule has 1 rings (SSSR count). The molecule has 0 amide bonds. The molecule has 4 nitrogen and oxygen atoms in total. The van der Waals surface area contributed by atoms with Crippen LogP contribution >= 0.6 is 0 Å². The van der Waals surface area contributed by atoms with E-state index in [1.54, 1.807) is 6.92 Å². The van der Waals surface area contributed by atoms with E-state index in [1.807, 2.05) is 0 Å². The van der Waals surface area contributed by atoms with Gasteiger partial charge in [0.25, 0.3) is 0 Å². The van der Waals surface area contributed by atoms with Crippen molar-refractivity contribution in [3.8, 4) is 18.1 Å². The number of hydrogen-bond acceptors (Lipinski definition) is 4. The zero-order chi connectivity index (χ0) is 11.3. The van der Waals surface area contributed by atoms with E-state index in [0.29, 0.717) is 22.6 Å². The van der Waals surface area contributed by atoms with Crippen LogP contribution in [0.1, 0.15) is 16.8 Å². The highest BCUT2D eigenvalue weighted by molar-refractivity contribution is 5.41. The number of ether oxygens (including phenoxy) is 1. The Morgan fingerprint density at radius 1 is 1.47 bits per heavy atom. The minimum absolute atomic E-state index is 0.115. The number of pyridine rings is 1. The molecule has 4 heteroatoms. The number of aliphatic hydroxyl groups excluding tert-OH is 2.